The van der Waals surface area contributed by atoms with Crippen molar-refractivity contribution in [3.05, 3.63) is 48.6 Å². The lowest BCUT2D eigenvalue weighted by molar-refractivity contribution is -0.167. The molecule has 83 heavy (non-hydrogen) atoms. The lowest BCUT2D eigenvalue weighted by Crippen LogP contribution is -2.30. The van der Waals surface area contributed by atoms with Gasteiger partial charge < -0.3 is 14.2 Å². The van der Waals surface area contributed by atoms with E-state index in [1.807, 2.05) is 0 Å². The number of carbonyl (C=O) groups is 3. The Bertz CT molecular complexity index is 1430. The topological polar surface area (TPSA) is 78.9 Å². The van der Waals surface area contributed by atoms with Crippen LogP contribution in [-0.4, -0.2) is 37.2 Å². The molecule has 0 rings (SSSR count). The van der Waals surface area contributed by atoms with Gasteiger partial charge >= 0.3 is 17.9 Å². The third-order valence-electron chi connectivity index (χ3n) is 16.8. The number of carbonyl (C=O) groups excluding carboxylic acids is 3. The minimum Gasteiger partial charge on any atom is -0.462 e. The molecule has 0 aromatic rings. The van der Waals surface area contributed by atoms with E-state index in [1.165, 1.54) is 289 Å². The van der Waals surface area contributed by atoms with Crippen molar-refractivity contribution in [2.24, 2.45) is 0 Å². The molecule has 0 aliphatic rings. The summed E-state index contributed by atoms with van der Waals surface area (Å²) in [6.07, 6.45) is 91.4. The molecule has 0 aliphatic carbocycles. The summed E-state index contributed by atoms with van der Waals surface area (Å²) in [5, 5.41) is 0. The fourth-order valence-electron chi connectivity index (χ4n) is 11.2. The number of rotatable bonds is 69. The van der Waals surface area contributed by atoms with Gasteiger partial charge in [0.25, 0.3) is 0 Å². The van der Waals surface area contributed by atoms with E-state index in [0.717, 1.165) is 77.0 Å². The monoisotopic (exact) mass is 1160 g/mol. The highest BCUT2D eigenvalue weighted by Crippen LogP contribution is 2.19. The van der Waals surface area contributed by atoms with Crippen LogP contribution in [0, 0.1) is 0 Å². The minimum absolute atomic E-state index is 0.0731. The smallest absolute Gasteiger partial charge is 0.306 e. The summed E-state index contributed by atoms with van der Waals surface area (Å²) in [4.78, 5) is 38.5. The largest absolute Gasteiger partial charge is 0.462 e. The number of unbranched alkanes of at least 4 members (excludes halogenated alkanes) is 50. The zero-order chi connectivity index (χ0) is 59.9. The number of hydrogen-bond acceptors (Lipinski definition) is 6. The molecule has 0 spiro atoms. The molecule has 0 aromatic heterocycles. The molecular formula is C77H142O6. The Hall–Kier alpha value is -2.63. The van der Waals surface area contributed by atoms with Crippen LogP contribution in [0.3, 0.4) is 0 Å². The molecule has 6 nitrogen and oxygen atoms in total. The molecule has 0 aromatic carbocycles. The molecule has 6 heteroatoms. The highest BCUT2D eigenvalue weighted by Gasteiger charge is 2.19. The maximum atomic E-state index is 13.0. The highest BCUT2D eigenvalue weighted by atomic mass is 16.6. The van der Waals surface area contributed by atoms with Gasteiger partial charge in [-0.25, -0.2) is 0 Å². The van der Waals surface area contributed by atoms with Gasteiger partial charge in [0.2, 0.25) is 0 Å². The quantitative estimate of drug-likeness (QED) is 0.0261. The summed E-state index contributed by atoms with van der Waals surface area (Å²) in [6, 6.07) is 0. The third-order valence-corrected chi connectivity index (χ3v) is 16.8. The van der Waals surface area contributed by atoms with E-state index >= 15 is 0 Å². The van der Waals surface area contributed by atoms with Crippen LogP contribution in [0.1, 0.15) is 406 Å². The van der Waals surface area contributed by atoms with Crippen LogP contribution in [0.5, 0.6) is 0 Å². The third kappa shape index (κ3) is 70.0. The number of allylic oxidation sites excluding steroid dienone is 8. The van der Waals surface area contributed by atoms with Gasteiger partial charge in [-0.1, -0.05) is 352 Å². The van der Waals surface area contributed by atoms with E-state index in [1.54, 1.807) is 0 Å². The van der Waals surface area contributed by atoms with Crippen LogP contribution in [0.2, 0.25) is 0 Å². The Morgan fingerprint density at radius 1 is 0.241 bits per heavy atom. The van der Waals surface area contributed by atoms with Crippen LogP contribution < -0.4 is 0 Å². The molecule has 1 atom stereocenters. The van der Waals surface area contributed by atoms with E-state index in [0.29, 0.717) is 19.3 Å². The lowest BCUT2D eigenvalue weighted by Gasteiger charge is -2.18. The van der Waals surface area contributed by atoms with Crippen LogP contribution in [0.15, 0.2) is 48.6 Å². The molecule has 0 fully saturated rings. The summed E-state index contributed by atoms with van der Waals surface area (Å²) >= 11 is 0. The van der Waals surface area contributed by atoms with Gasteiger partial charge in [-0.05, 0) is 83.5 Å². The van der Waals surface area contributed by atoms with E-state index in [-0.39, 0.29) is 31.1 Å². The van der Waals surface area contributed by atoms with Gasteiger partial charge in [-0.3, -0.25) is 14.4 Å². The molecule has 0 radical (unpaired) electrons. The lowest BCUT2D eigenvalue weighted by atomic mass is 10.0. The van der Waals surface area contributed by atoms with Crippen molar-refractivity contribution in [2.75, 3.05) is 13.2 Å². The van der Waals surface area contributed by atoms with Crippen molar-refractivity contribution in [2.45, 2.75) is 412 Å². The predicted molar refractivity (Wildman–Crippen MR) is 362 cm³/mol. The fraction of sp³-hybridized carbons (Fsp3) is 0.857. The summed E-state index contributed by atoms with van der Waals surface area (Å²) in [5.74, 6) is -0.856. The van der Waals surface area contributed by atoms with Gasteiger partial charge in [0.15, 0.2) is 6.10 Å². The zero-order valence-corrected chi connectivity index (χ0v) is 56.0. The molecule has 0 N–H and O–H groups in total. The second kappa shape index (κ2) is 71.8. The van der Waals surface area contributed by atoms with Crippen molar-refractivity contribution in [1.82, 2.24) is 0 Å². The standard InChI is InChI=1S/C77H142O6/c1-4-7-10-13-16-19-22-25-28-31-33-35-37-38-40-41-43-46-49-52-55-58-61-64-67-70-76(79)82-73-74(72-81-75(78)69-66-63-60-57-54-51-48-45-30-27-24-21-18-15-12-9-6-3)83-77(80)71-68-65-62-59-56-53-50-47-44-42-39-36-34-32-29-26-23-20-17-14-11-8-5-2/h23,26-27,30,32,34,39,42,74H,4-22,24-25,28-29,31,33,35-38,40-41,43-73H2,1-3H3/b26-23-,30-27-,34-32-,42-39-. The predicted octanol–water partition coefficient (Wildman–Crippen LogP) is 25.7. The van der Waals surface area contributed by atoms with Crippen molar-refractivity contribution in [3.63, 3.8) is 0 Å². The van der Waals surface area contributed by atoms with Gasteiger partial charge in [0, 0.05) is 19.3 Å². The number of hydrogen-bond donors (Lipinski definition) is 0. The molecule has 0 amide bonds. The highest BCUT2D eigenvalue weighted by molar-refractivity contribution is 5.71. The van der Waals surface area contributed by atoms with Crippen LogP contribution in [0.25, 0.3) is 0 Å². The molecule has 0 bridgehead atoms. The van der Waals surface area contributed by atoms with Gasteiger partial charge in [0.1, 0.15) is 13.2 Å². The van der Waals surface area contributed by atoms with E-state index < -0.39 is 6.10 Å². The average Bonchev–Trinajstić information content (AvgIpc) is 3.49. The van der Waals surface area contributed by atoms with Crippen LogP contribution in [0.4, 0.5) is 0 Å². The Kier molecular flexibility index (Phi) is 69.6. The van der Waals surface area contributed by atoms with E-state index in [4.69, 9.17) is 14.2 Å². The zero-order valence-electron chi connectivity index (χ0n) is 56.0. The fourth-order valence-corrected chi connectivity index (χ4v) is 11.2. The molecule has 1 unspecified atom stereocenters. The summed E-state index contributed by atoms with van der Waals surface area (Å²) in [7, 11) is 0. The molecular weight excluding hydrogens is 1020 g/mol. The first-order chi connectivity index (χ1) is 41.0. The summed E-state index contributed by atoms with van der Waals surface area (Å²) < 4.78 is 17.0. The van der Waals surface area contributed by atoms with Gasteiger partial charge in [-0.15, -0.1) is 0 Å². The Morgan fingerprint density at radius 2 is 0.434 bits per heavy atom. The van der Waals surface area contributed by atoms with Crippen molar-refractivity contribution in [1.29, 1.82) is 0 Å². The molecule has 0 saturated heterocycles. The summed E-state index contributed by atoms with van der Waals surface area (Å²) in [6.45, 7) is 6.69. The second-order valence-corrected chi connectivity index (χ2v) is 25.2. The average molecular weight is 1160 g/mol. The van der Waals surface area contributed by atoms with Gasteiger partial charge in [-0.2, -0.15) is 0 Å². The van der Waals surface area contributed by atoms with E-state index in [9.17, 15) is 14.4 Å². The number of ether oxygens (including phenoxy) is 3. The Labute approximate surface area is 518 Å². The van der Waals surface area contributed by atoms with Crippen molar-refractivity contribution in [3.8, 4) is 0 Å². The summed E-state index contributed by atoms with van der Waals surface area (Å²) in [5.41, 5.74) is 0. The van der Waals surface area contributed by atoms with Crippen molar-refractivity contribution < 1.29 is 28.6 Å². The van der Waals surface area contributed by atoms with Crippen LogP contribution >= 0.6 is 0 Å². The molecule has 0 aliphatic heterocycles. The Balaban J connectivity index is 4.31. The SMILES string of the molecule is CCCCCCC/C=C\C/C=C\C/C=C\CCCCCCCCCCC(=O)OC(COC(=O)CCCCCCCCC/C=C\CCCCCCCC)COC(=O)CCCCCCCCCCCCCCCCCCCCCCCCCCC. The number of esters is 3. The van der Waals surface area contributed by atoms with Crippen molar-refractivity contribution >= 4 is 17.9 Å². The first kappa shape index (κ1) is 80.4. The minimum atomic E-state index is -0.780. The van der Waals surface area contributed by atoms with E-state index in [2.05, 4.69) is 69.4 Å². The van der Waals surface area contributed by atoms with Gasteiger partial charge in [0.05, 0.1) is 0 Å². The normalized spacial score (nSPS) is 12.3. The molecule has 0 heterocycles. The second-order valence-electron chi connectivity index (χ2n) is 25.2. The first-order valence-electron chi connectivity index (χ1n) is 37.1. The maximum Gasteiger partial charge on any atom is 0.306 e. The first-order valence-corrected chi connectivity index (χ1v) is 37.1. The Morgan fingerprint density at radius 3 is 0.687 bits per heavy atom. The maximum absolute atomic E-state index is 13.0. The molecule has 486 valence electrons. The molecule has 0 saturated carbocycles. The van der Waals surface area contributed by atoms with Crippen LogP contribution in [-0.2, 0) is 28.6 Å².